The summed E-state index contributed by atoms with van der Waals surface area (Å²) in [6.45, 7) is 8.25. The summed E-state index contributed by atoms with van der Waals surface area (Å²) in [5.74, 6) is 0. The fourth-order valence-corrected chi connectivity index (χ4v) is 2.99. The van der Waals surface area contributed by atoms with E-state index in [-0.39, 0.29) is 24.3 Å². The maximum atomic E-state index is 6.36. The van der Waals surface area contributed by atoms with E-state index in [1.54, 1.807) is 0 Å². The minimum absolute atomic E-state index is 0.127. The van der Waals surface area contributed by atoms with Crippen LogP contribution in [-0.2, 0) is 11.8 Å². The molecule has 1 aliphatic heterocycles. The Kier molecular flexibility index (Phi) is 4.60. The molecule has 5 heteroatoms. The molecule has 4 unspecified atom stereocenters. The fraction of sp³-hybridized carbons (Fsp3) is 0.786. The van der Waals surface area contributed by atoms with E-state index in [1.807, 2.05) is 17.9 Å². The number of aromatic nitrogens is 2. The third-order valence-corrected chi connectivity index (χ3v) is 3.78. The molecule has 0 saturated carbocycles. The molecule has 0 radical (unpaired) electrons. The summed E-state index contributed by atoms with van der Waals surface area (Å²) in [7, 11) is 1.95. The molecular formula is C14H26N4O. The van der Waals surface area contributed by atoms with Crippen molar-refractivity contribution >= 4 is 0 Å². The van der Waals surface area contributed by atoms with Crippen molar-refractivity contribution in [1.82, 2.24) is 14.7 Å². The molecule has 19 heavy (non-hydrogen) atoms. The van der Waals surface area contributed by atoms with Crippen molar-refractivity contribution in [2.45, 2.75) is 51.5 Å². The number of nitrogens with zero attached hydrogens (tertiary/aromatic N) is 3. The molecule has 5 nitrogen and oxygen atoms in total. The van der Waals surface area contributed by atoms with Crippen molar-refractivity contribution < 1.29 is 4.74 Å². The largest absolute Gasteiger partial charge is 0.373 e. The molecule has 2 rings (SSSR count). The molecule has 4 atom stereocenters. The third-order valence-electron chi connectivity index (χ3n) is 3.78. The number of hydrogen-bond donors (Lipinski definition) is 1. The fourth-order valence-electron chi connectivity index (χ4n) is 2.99. The van der Waals surface area contributed by atoms with E-state index in [1.165, 1.54) is 5.56 Å². The quantitative estimate of drug-likeness (QED) is 0.892. The van der Waals surface area contributed by atoms with Crippen LogP contribution in [0.2, 0.25) is 0 Å². The Bertz CT molecular complexity index is 396. The van der Waals surface area contributed by atoms with Crippen LogP contribution in [0.1, 0.15) is 38.8 Å². The summed E-state index contributed by atoms with van der Waals surface area (Å²) < 4.78 is 7.66. The average molecular weight is 266 g/mol. The van der Waals surface area contributed by atoms with Crippen LogP contribution < -0.4 is 5.73 Å². The van der Waals surface area contributed by atoms with Gasteiger partial charge in [-0.3, -0.25) is 9.58 Å². The van der Waals surface area contributed by atoms with E-state index in [4.69, 9.17) is 10.5 Å². The Morgan fingerprint density at radius 1 is 1.42 bits per heavy atom. The zero-order valence-corrected chi connectivity index (χ0v) is 12.4. The second-order valence-electron chi connectivity index (χ2n) is 5.68. The van der Waals surface area contributed by atoms with Crippen LogP contribution in [0, 0.1) is 0 Å². The highest BCUT2D eigenvalue weighted by Gasteiger charge is 2.32. The summed E-state index contributed by atoms with van der Waals surface area (Å²) in [5.41, 5.74) is 7.57. The number of morpholine rings is 1. The molecule has 0 amide bonds. The smallest absolute Gasteiger partial charge is 0.0678 e. The predicted molar refractivity (Wildman–Crippen MR) is 75.8 cm³/mol. The number of hydrogen-bond acceptors (Lipinski definition) is 4. The van der Waals surface area contributed by atoms with Gasteiger partial charge < -0.3 is 10.5 Å². The first kappa shape index (κ1) is 14.5. The molecule has 0 bridgehead atoms. The van der Waals surface area contributed by atoms with Gasteiger partial charge in [0.25, 0.3) is 0 Å². The van der Waals surface area contributed by atoms with Crippen LogP contribution in [0.15, 0.2) is 12.4 Å². The minimum Gasteiger partial charge on any atom is -0.373 e. The molecule has 108 valence electrons. The molecule has 0 aliphatic carbocycles. The molecule has 1 saturated heterocycles. The van der Waals surface area contributed by atoms with Gasteiger partial charge in [0.05, 0.1) is 24.4 Å². The highest BCUT2D eigenvalue weighted by molar-refractivity contribution is 5.14. The first-order chi connectivity index (χ1) is 9.01. The van der Waals surface area contributed by atoms with Gasteiger partial charge in [0.2, 0.25) is 0 Å². The number of nitrogens with two attached hydrogens (primary N) is 1. The number of aryl methyl sites for hydroxylation is 1. The van der Waals surface area contributed by atoms with Crippen molar-refractivity contribution in [2.75, 3.05) is 13.1 Å². The van der Waals surface area contributed by atoms with E-state index < -0.39 is 0 Å². The van der Waals surface area contributed by atoms with Gasteiger partial charge in [-0.25, -0.2) is 0 Å². The van der Waals surface area contributed by atoms with Crippen LogP contribution in [0.25, 0.3) is 0 Å². The summed E-state index contributed by atoms with van der Waals surface area (Å²) in [4.78, 5) is 2.45. The van der Waals surface area contributed by atoms with Crippen LogP contribution in [-0.4, -0.2) is 46.0 Å². The maximum absolute atomic E-state index is 6.36. The van der Waals surface area contributed by atoms with Crippen molar-refractivity contribution in [3.05, 3.63) is 18.0 Å². The lowest BCUT2D eigenvalue weighted by atomic mass is 9.97. The van der Waals surface area contributed by atoms with Crippen molar-refractivity contribution in [3.63, 3.8) is 0 Å². The molecular weight excluding hydrogens is 240 g/mol. The van der Waals surface area contributed by atoms with Crippen LogP contribution >= 0.6 is 0 Å². The Hall–Kier alpha value is -0.910. The normalized spacial score (nSPS) is 28.3. The molecule has 1 fully saturated rings. The lowest BCUT2D eigenvalue weighted by Crippen LogP contribution is -2.51. The highest BCUT2D eigenvalue weighted by atomic mass is 16.5. The Balaban J connectivity index is 2.22. The molecule has 1 aliphatic rings. The predicted octanol–water partition coefficient (Wildman–Crippen LogP) is 1.31. The van der Waals surface area contributed by atoms with E-state index in [9.17, 15) is 0 Å². The monoisotopic (exact) mass is 266 g/mol. The summed E-state index contributed by atoms with van der Waals surface area (Å²) in [6.07, 6.45) is 5.48. The van der Waals surface area contributed by atoms with E-state index in [0.29, 0.717) is 0 Å². The first-order valence-corrected chi connectivity index (χ1v) is 7.14. The topological polar surface area (TPSA) is 56.3 Å². The van der Waals surface area contributed by atoms with Crippen LogP contribution in [0.5, 0.6) is 0 Å². The standard InChI is InChI=1S/C14H26N4O/c1-5-13(15)14(12-6-16-17(4)9-12)18-7-10(2)19-11(3)8-18/h6,9-11,13-14H,5,7-8,15H2,1-4H3. The molecule has 1 aromatic rings. The van der Waals surface area contributed by atoms with Gasteiger partial charge in [-0.05, 0) is 20.3 Å². The summed E-state index contributed by atoms with van der Waals surface area (Å²) in [6, 6.07) is 0.356. The second-order valence-corrected chi connectivity index (χ2v) is 5.68. The van der Waals surface area contributed by atoms with Gasteiger partial charge in [0, 0.05) is 37.9 Å². The Morgan fingerprint density at radius 3 is 2.53 bits per heavy atom. The second kappa shape index (κ2) is 6.03. The van der Waals surface area contributed by atoms with Gasteiger partial charge in [-0.2, -0.15) is 5.10 Å². The van der Waals surface area contributed by atoms with Gasteiger partial charge in [-0.15, -0.1) is 0 Å². The zero-order chi connectivity index (χ0) is 14.0. The Morgan fingerprint density at radius 2 is 2.05 bits per heavy atom. The van der Waals surface area contributed by atoms with Crippen molar-refractivity contribution in [2.24, 2.45) is 12.8 Å². The zero-order valence-electron chi connectivity index (χ0n) is 12.4. The highest BCUT2D eigenvalue weighted by Crippen LogP contribution is 2.28. The Labute approximate surface area is 115 Å². The lowest BCUT2D eigenvalue weighted by molar-refractivity contribution is -0.0838. The molecule has 0 spiro atoms. The maximum Gasteiger partial charge on any atom is 0.0678 e. The van der Waals surface area contributed by atoms with Crippen LogP contribution in [0.3, 0.4) is 0 Å². The van der Waals surface area contributed by atoms with Gasteiger partial charge >= 0.3 is 0 Å². The van der Waals surface area contributed by atoms with E-state index in [0.717, 1.165) is 19.5 Å². The lowest BCUT2D eigenvalue weighted by Gasteiger charge is -2.42. The molecule has 1 aromatic heterocycles. The van der Waals surface area contributed by atoms with Crippen molar-refractivity contribution in [3.8, 4) is 0 Å². The average Bonchev–Trinajstić information content (AvgIpc) is 2.74. The number of ether oxygens (including phenoxy) is 1. The molecule has 2 heterocycles. The summed E-state index contributed by atoms with van der Waals surface area (Å²) >= 11 is 0. The van der Waals surface area contributed by atoms with Gasteiger partial charge in [0.1, 0.15) is 0 Å². The van der Waals surface area contributed by atoms with Crippen molar-refractivity contribution in [1.29, 1.82) is 0 Å². The minimum atomic E-state index is 0.127. The third kappa shape index (κ3) is 3.35. The summed E-state index contributed by atoms with van der Waals surface area (Å²) in [5, 5.41) is 4.29. The SMILES string of the molecule is CCC(N)C(c1cnn(C)c1)N1CC(C)OC(C)C1. The van der Waals surface area contributed by atoms with E-state index in [2.05, 4.69) is 37.0 Å². The van der Waals surface area contributed by atoms with E-state index >= 15 is 0 Å². The van der Waals surface area contributed by atoms with Gasteiger partial charge in [-0.1, -0.05) is 6.92 Å². The van der Waals surface area contributed by atoms with Gasteiger partial charge in [0.15, 0.2) is 0 Å². The molecule has 2 N–H and O–H groups in total. The molecule has 0 aromatic carbocycles. The van der Waals surface area contributed by atoms with Crippen LogP contribution in [0.4, 0.5) is 0 Å². The number of rotatable bonds is 4. The first-order valence-electron chi connectivity index (χ1n) is 7.14.